The Labute approximate surface area is 220 Å². The number of carbonyl (C=O) groups excluding carboxylic acids is 3. The molecule has 1 aromatic carbocycles. The molecule has 1 aromatic rings. The lowest BCUT2D eigenvalue weighted by atomic mass is 9.90. The molecule has 9 nitrogen and oxygen atoms in total. The summed E-state index contributed by atoms with van der Waals surface area (Å²) in [5.74, 6) is -2.38. The van der Waals surface area contributed by atoms with Gasteiger partial charge in [-0.3, -0.25) is 19.2 Å². The van der Waals surface area contributed by atoms with E-state index in [0.717, 1.165) is 0 Å². The van der Waals surface area contributed by atoms with Gasteiger partial charge in [0, 0.05) is 6.54 Å². The van der Waals surface area contributed by atoms with Crippen molar-refractivity contribution >= 4 is 23.9 Å². The smallest absolute Gasteiger partial charge is 0.321 e. The van der Waals surface area contributed by atoms with Gasteiger partial charge in [0.1, 0.15) is 12.1 Å². The summed E-state index contributed by atoms with van der Waals surface area (Å²) >= 11 is 0. The van der Waals surface area contributed by atoms with E-state index < -0.39 is 46.3 Å². The zero-order valence-electron chi connectivity index (χ0n) is 23.8. The topological polar surface area (TPSA) is 128 Å². The first-order valence-corrected chi connectivity index (χ1v) is 12.5. The Bertz CT molecular complexity index is 985. The molecule has 208 valence electrons. The number of hydrogen-bond acceptors (Lipinski definition) is 8. The molecule has 0 spiro atoms. The van der Waals surface area contributed by atoms with Crippen LogP contribution in [-0.4, -0.2) is 47.7 Å². The van der Waals surface area contributed by atoms with Crippen molar-refractivity contribution in [1.29, 1.82) is 0 Å². The fourth-order valence-corrected chi connectivity index (χ4v) is 2.67. The van der Waals surface area contributed by atoms with E-state index in [-0.39, 0.29) is 30.4 Å². The van der Waals surface area contributed by atoms with Crippen LogP contribution in [0.1, 0.15) is 81.2 Å². The molecule has 0 saturated carbocycles. The van der Waals surface area contributed by atoms with Crippen LogP contribution in [-0.2, 0) is 30.3 Å². The highest BCUT2D eigenvalue weighted by Gasteiger charge is 2.30. The van der Waals surface area contributed by atoms with Gasteiger partial charge in [-0.05, 0) is 92.9 Å². The van der Waals surface area contributed by atoms with Gasteiger partial charge in [0.05, 0.1) is 16.2 Å². The Morgan fingerprint density at radius 2 is 1.38 bits per heavy atom. The lowest BCUT2D eigenvalue weighted by Gasteiger charge is -2.25. The van der Waals surface area contributed by atoms with Gasteiger partial charge in [-0.25, -0.2) is 0 Å². The monoisotopic (exact) mass is 521 g/mol. The summed E-state index contributed by atoms with van der Waals surface area (Å²) in [4.78, 5) is 49.2. The molecular formula is C28H43NO8. The Morgan fingerprint density at radius 1 is 0.865 bits per heavy atom. The molecule has 0 aromatic heterocycles. The first kappa shape index (κ1) is 32.1. The number of ether oxygens (including phenoxy) is 3. The van der Waals surface area contributed by atoms with Gasteiger partial charge in [0.2, 0.25) is 0 Å². The molecular weight excluding hydrogens is 478 g/mol. The van der Waals surface area contributed by atoms with Crippen LogP contribution in [0.4, 0.5) is 0 Å². The number of esters is 3. The summed E-state index contributed by atoms with van der Waals surface area (Å²) in [6.07, 6.45) is 0.124. The van der Waals surface area contributed by atoms with E-state index in [4.69, 9.17) is 14.2 Å². The van der Waals surface area contributed by atoms with Crippen LogP contribution < -0.4 is 14.8 Å². The first-order valence-electron chi connectivity index (χ1n) is 12.5. The third-order valence-corrected chi connectivity index (χ3v) is 5.77. The Morgan fingerprint density at radius 3 is 1.84 bits per heavy atom. The molecule has 1 unspecified atom stereocenters. The zero-order valence-corrected chi connectivity index (χ0v) is 23.8. The van der Waals surface area contributed by atoms with Crippen LogP contribution in [0, 0.1) is 16.2 Å². The maximum Gasteiger partial charge on any atom is 0.321 e. The Hall–Kier alpha value is -2.94. The number of aliphatic carboxylic acids is 1. The Kier molecular flexibility index (Phi) is 10.9. The molecule has 0 aliphatic heterocycles. The molecule has 2 N–H and O–H groups in total. The van der Waals surface area contributed by atoms with Crippen molar-refractivity contribution in [3.05, 3.63) is 23.8 Å². The second kappa shape index (κ2) is 12.5. The lowest BCUT2D eigenvalue weighted by Crippen LogP contribution is -2.43. The van der Waals surface area contributed by atoms with E-state index in [0.29, 0.717) is 12.0 Å². The highest BCUT2D eigenvalue weighted by Crippen LogP contribution is 2.33. The van der Waals surface area contributed by atoms with Crippen molar-refractivity contribution < 1.29 is 38.5 Å². The van der Waals surface area contributed by atoms with Crippen LogP contribution in [0.2, 0.25) is 0 Å². The molecule has 0 bridgehead atoms. The van der Waals surface area contributed by atoms with Gasteiger partial charge >= 0.3 is 23.9 Å². The normalized spacial score (nSPS) is 13.9. The molecule has 0 radical (unpaired) electrons. The molecule has 1 rings (SSSR count). The highest BCUT2D eigenvalue weighted by molar-refractivity contribution is 5.81. The minimum absolute atomic E-state index is 0.0308. The van der Waals surface area contributed by atoms with Gasteiger partial charge in [0.15, 0.2) is 11.5 Å². The van der Waals surface area contributed by atoms with Gasteiger partial charge in [-0.2, -0.15) is 0 Å². The number of benzene rings is 1. The molecule has 37 heavy (non-hydrogen) atoms. The summed E-state index contributed by atoms with van der Waals surface area (Å²) in [5, 5.41) is 12.7. The summed E-state index contributed by atoms with van der Waals surface area (Å²) in [5.41, 5.74) is -1.68. The van der Waals surface area contributed by atoms with Crippen molar-refractivity contribution in [2.45, 2.75) is 94.2 Å². The summed E-state index contributed by atoms with van der Waals surface area (Å²) < 4.78 is 16.5. The summed E-state index contributed by atoms with van der Waals surface area (Å²) in [7, 11) is 0. The number of carboxylic acid groups (broad SMARTS) is 1. The number of rotatable bonds is 11. The average Bonchev–Trinajstić information content (AvgIpc) is 2.76. The third kappa shape index (κ3) is 10.1. The highest BCUT2D eigenvalue weighted by atomic mass is 16.6. The van der Waals surface area contributed by atoms with Crippen molar-refractivity contribution in [3.8, 4) is 11.5 Å². The van der Waals surface area contributed by atoms with E-state index in [2.05, 4.69) is 5.32 Å². The fourth-order valence-electron chi connectivity index (χ4n) is 2.67. The first-order chi connectivity index (χ1) is 16.8. The van der Waals surface area contributed by atoms with Crippen LogP contribution in [0.5, 0.6) is 11.5 Å². The molecule has 2 atom stereocenters. The molecule has 0 saturated heterocycles. The molecule has 0 fully saturated rings. The molecule has 0 amide bonds. The second-order valence-corrected chi connectivity index (χ2v) is 12.0. The quantitative estimate of drug-likeness (QED) is 0.318. The number of carbonyl (C=O) groups is 4. The van der Waals surface area contributed by atoms with E-state index in [1.807, 2.05) is 6.92 Å². The van der Waals surface area contributed by atoms with E-state index in [1.54, 1.807) is 68.4 Å². The van der Waals surface area contributed by atoms with Gasteiger partial charge in [-0.15, -0.1) is 0 Å². The predicted octanol–water partition coefficient (Wildman–Crippen LogP) is 4.54. The third-order valence-electron chi connectivity index (χ3n) is 5.77. The largest absolute Gasteiger partial charge is 0.480 e. The number of nitrogens with one attached hydrogen (secondary N) is 1. The van der Waals surface area contributed by atoms with Crippen LogP contribution in [0.15, 0.2) is 18.2 Å². The van der Waals surface area contributed by atoms with Crippen LogP contribution in [0.3, 0.4) is 0 Å². The maximum absolute atomic E-state index is 12.6. The van der Waals surface area contributed by atoms with Crippen LogP contribution >= 0.6 is 0 Å². The standard InChI is InChI=1S/C28H43NO8/c1-11-28(9,10)25(34)35-17(2)16-29-19(22(30)31)14-18-12-13-20(36-23(32)26(3,4)5)21(15-18)37-24(33)27(6,7)8/h12-13,15,17,19,29H,11,14,16H2,1-10H3,(H,30,31)/t17?,19-/m0/s1. The minimum Gasteiger partial charge on any atom is -0.480 e. The predicted molar refractivity (Wildman–Crippen MR) is 139 cm³/mol. The van der Waals surface area contributed by atoms with Gasteiger partial charge in [0.25, 0.3) is 0 Å². The zero-order chi connectivity index (χ0) is 28.8. The van der Waals surface area contributed by atoms with Crippen molar-refractivity contribution in [2.75, 3.05) is 6.54 Å². The molecule has 0 aliphatic rings. The van der Waals surface area contributed by atoms with Crippen molar-refractivity contribution in [3.63, 3.8) is 0 Å². The molecule has 9 heteroatoms. The van der Waals surface area contributed by atoms with Crippen molar-refractivity contribution in [2.24, 2.45) is 16.2 Å². The molecule has 0 heterocycles. The second-order valence-electron chi connectivity index (χ2n) is 12.0. The number of carboxylic acids is 1. The number of hydrogen-bond donors (Lipinski definition) is 2. The Balaban J connectivity index is 3.10. The summed E-state index contributed by atoms with van der Waals surface area (Å²) in [6.45, 7) is 17.5. The van der Waals surface area contributed by atoms with Gasteiger partial charge in [-0.1, -0.05) is 13.0 Å². The fraction of sp³-hybridized carbons (Fsp3) is 0.643. The maximum atomic E-state index is 12.6. The van der Waals surface area contributed by atoms with Crippen LogP contribution in [0.25, 0.3) is 0 Å². The minimum atomic E-state index is -1.09. The van der Waals surface area contributed by atoms with E-state index in [9.17, 15) is 24.3 Å². The summed E-state index contributed by atoms with van der Waals surface area (Å²) in [6, 6.07) is 3.60. The molecule has 0 aliphatic carbocycles. The van der Waals surface area contributed by atoms with Crippen molar-refractivity contribution in [1.82, 2.24) is 5.32 Å². The van der Waals surface area contributed by atoms with E-state index in [1.165, 1.54) is 12.1 Å². The van der Waals surface area contributed by atoms with Gasteiger partial charge < -0.3 is 24.6 Å². The van der Waals surface area contributed by atoms with E-state index >= 15 is 0 Å². The lowest BCUT2D eigenvalue weighted by molar-refractivity contribution is -0.158. The SMILES string of the molecule is CCC(C)(C)C(=O)OC(C)CN[C@@H](Cc1ccc(OC(=O)C(C)(C)C)c(OC(=O)C(C)(C)C)c1)C(=O)O. The average molecular weight is 522 g/mol.